The lowest BCUT2D eigenvalue weighted by Gasteiger charge is -2.21. The Kier molecular flexibility index (Phi) is 5.14. The Morgan fingerprint density at radius 1 is 1.18 bits per heavy atom. The van der Waals surface area contributed by atoms with E-state index in [1.807, 2.05) is 54.4 Å². The zero-order chi connectivity index (χ0) is 19.5. The van der Waals surface area contributed by atoms with Crippen LogP contribution in [0.3, 0.4) is 0 Å². The van der Waals surface area contributed by atoms with Crippen LogP contribution in [0.1, 0.15) is 29.6 Å². The Labute approximate surface area is 164 Å². The van der Waals surface area contributed by atoms with Gasteiger partial charge in [0.2, 0.25) is 0 Å². The third-order valence-electron chi connectivity index (χ3n) is 5.31. The summed E-state index contributed by atoms with van der Waals surface area (Å²) in [6.45, 7) is 1.52. The van der Waals surface area contributed by atoms with Gasteiger partial charge in [-0.3, -0.25) is 9.89 Å². The van der Waals surface area contributed by atoms with Crippen molar-refractivity contribution in [1.29, 1.82) is 0 Å². The standard InChI is InChI=1S/C21H26N6O/c1-26(2)20-9-8-16(13-22-20)24-15-5-4-11-27(12-10-15)21(28)17-6-3-7-19-18(17)14-23-25-19/h3,6-9,13-15,24H,4-5,10-12H2,1-2H3,(H,23,25)/t15-/m1/s1. The molecule has 146 valence electrons. The molecule has 3 aromatic rings. The molecule has 2 aromatic heterocycles. The van der Waals surface area contributed by atoms with Crippen molar-refractivity contribution in [2.24, 2.45) is 0 Å². The number of likely N-dealkylation sites (tertiary alicyclic amines) is 1. The van der Waals surface area contributed by atoms with Crippen molar-refractivity contribution in [3.63, 3.8) is 0 Å². The van der Waals surface area contributed by atoms with Crippen molar-refractivity contribution in [3.8, 4) is 0 Å². The number of H-pyrrole nitrogens is 1. The van der Waals surface area contributed by atoms with Crippen LogP contribution in [0, 0.1) is 0 Å². The second-order valence-corrected chi connectivity index (χ2v) is 7.50. The quantitative estimate of drug-likeness (QED) is 0.729. The maximum absolute atomic E-state index is 13.1. The fourth-order valence-electron chi connectivity index (χ4n) is 3.74. The first kappa shape index (κ1) is 18.3. The molecule has 7 heteroatoms. The second kappa shape index (κ2) is 7.88. The van der Waals surface area contributed by atoms with Crippen LogP contribution in [-0.2, 0) is 0 Å². The van der Waals surface area contributed by atoms with Crippen molar-refractivity contribution >= 4 is 28.3 Å². The van der Waals surface area contributed by atoms with Crippen LogP contribution >= 0.6 is 0 Å². The third-order valence-corrected chi connectivity index (χ3v) is 5.31. The highest BCUT2D eigenvalue weighted by atomic mass is 16.2. The number of nitrogens with one attached hydrogen (secondary N) is 2. The zero-order valence-corrected chi connectivity index (χ0v) is 16.4. The van der Waals surface area contributed by atoms with E-state index in [2.05, 4.69) is 26.6 Å². The van der Waals surface area contributed by atoms with Gasteiger partial charge >= 0.3 is 0 Å². The molecule has 28 heavy (non-hydrogen) atoms. The highest BCUT2D eigenvalue weighted by Crippen LogP contribution is 2.22. The summed E-state index contributed by atoms with van der Waals surface area (Å²) in [5.74, 6) is 1.03. The summed E-state index contributed by atoms with van der Waals surface area (Å²) in [7, 11) is 3.97. The molecule has 0 radical (unpaired) electrons. The van der Waals surface area contributed by atoms with E-state index in [4.69, 9.17) is 0 Å². The molecule has 1 saturated heterocycles. The molecular weight excluding hydrogens is 352 g/mol. The Bertz CT molecular complexity index is 949. The number of aromatic nitrogens is 3. The molecule has 1 aliphatic rings. The summed E-state index contributed by atoms with van der Waals surface area (Å²) in [6.07, 6.45) is 6.55. The fourth-order valence-corrected chi connectivity index (χ4v) is 3.74. The van der Waals surface area contributed by atoms with Gasteiger partial charge in [0, 0.05) is 38.6 Å². The van der Waals surface area contributed by atoms with Gasteiger partial charge in [0.05, 0.1) is 29.2 Å². The molecule has 1 amide bonds. The van der Waals surface area contributed by atoms with Crippen LogP contribution in [0.25, 0.3) is 10.9 Å². The monoisotopic (exact) mass is 378 g/mol. The van der Waals surface area contributed by atoms with E-state index in [-0.39, 0.29) is 5.91 Å². The number of anilines is 2. The lowest BCUT2D eigenvalue weighted by molar-refractivity contribution is 0.0763. The maximum Gasteiger partial charge on any atom is 0.254 e. The number of pyridine rings is 1. The number of fused-ring (bicyclic) bond motifs is 1. The first-order chi connectivity index (χ1) is 13.6. The van der Waals surface area contributed by atoms with Crippen molar-refractivity contribution in [2.45, 2.75) is 25.3 Å². The SMILES string of the molecule is CN(C)c1ccc(N[C@@H]2CCCN(C(=O)c3cccc4[nH]ncc34)CC2)cn1. The highest BCUT2D eigenvalue weighted by molar-refractivity contribution is 6.06. The van der Waals surface area contributed by atoms with Gasteiger partial charge in [-0.25, -0.2) is 4.98 Å². The number of nitrogens with zero attached hydrogens (tertiary/aromatic N) is 4. The molecule has 0 unspecified atom stereocenters. The van der Waals surface area contributed by atoms with Gasteiger partial charge < -0.3 is 15.1 Å². The second-order valence-electron chi connectivity index (χ2n) is 7.50. The zero-order valence-electron chi connectivity index (χ0n) is 16.4. The average molecular weight is 378 g/mol. The molecule has 7 nitrogen and oxygen atoms in total. The first-order valence-corrected chi connectivity index (χ1v) is 9.73. The van der Waals surface area contributed by atoms with Crippen molar-refractivity contribution < 1.29 is 4.79 Å². The van der Waals surface area contributed by atoms with Gasteiger partial charge in [0.25, 0.3) is 5.91 Å². The minimum absolute atomic E-state index is 0.0876. The Balaban J connectivity index is 1.41. The summed E-state index contributed by atoms with van der Waals surface area (Å²) in [5.41, 5.74) is 2.65. The van der Waals surface area contributed by atoms with E-state index in [0.717, 1.165) is 60.3 Å². The lowest BCUT2D eigenvalue weighted by Crippen LogP contribution is -2.32. The Morgan fingerprint density at radius 3 is 2.86 bits per heavy atom. The van der Waals surface area contributed by atoms with Gasteiger partial charge in [-0.05, 0) is 43.5 Å². The Morgan fingerprint density at radius 2 is 2.07 bits per heavy atom. The number of amides is 1. The third kappa shape index (κ3) is 3.78. The summed E-state index contributed by atoms with van der Waals surface area (Å²) < 4.78 is 0. The van der Waals surface area contributed by atoms with Crippen LogP contribution in [0.2, 0.25) is 0 Å². The van der Waals surface area contributed by atoms with Crippen LogP contribution in [0.4, 0.5) is 11.5 Å². The summed E-state index contributed by atoms with van der Waals surface area (Å²) >= 11 is 0. The summed E-state index contributed by atoms with van der Waals surface area (Å²) in [5, 5.41) is 11.5. The minimum atomic E-state index is 0.0876. The van der Waals surface area contributed by atoms with Gasteiger partial charge in [-0.15, -0.1) is 0 Å². The molecule has 1 fully saturated rings. The van der Waals surface area contributed by atoms with E-state index in [1.54, 1.807) is 6.20 Å². The normalized spacial score (nSPS) is 17.4. The van der Waals surface area contributed by atoms with Crippen LogP contribution in [0.5, 0.6) is 0 Å². The number of aromatic amines is 1. The summed E-state index contributed by atoms with van der Waals surface area (Å²) in [4.78, 5) is 21.5. The molecule has 1 atom stereocenters. The van der Waals surface area contributed by atoms with Crippen molar-refractivity contribution in [1.82, 2.24) is 20.1 Å². The highest BCUT2D eigenvalue weighted by Gasteiger charge is 2.23. The number of carbonyl (C=O) groups is 1. The van der Waals surface area contributed by atoms with Crippen LogP contribution in [-0.4, -0.2) is 59.2 Å². The molecule has 0 spiro atoms. The van der Waals surface area contributed by atoms with Crippen molar-refractivity contribution in [3.05, 3.63) is 48.3 Å². The van der Waals surface area contributed by atoms with E-state index in [0.29, 0.717) is 6.04 Å². The fraction of sp³-hybridized carbons (Fsp3) is 0.381. The van der Waals surface area contributed by atoms with Crippen LogP contribution in [0.15, 0.2) is 42.7 Å². The first-order valence-electron chi connectivity index (χ1n) is 9.73. The summed E-state index contributed by atoms with van der Waals surface area (Å²) in [6, 6.07) is 10.2. The van der Waals surface area contributed by atoms with Gasteiger partial charge in [-0.2, -0.15) is 5.10 Å². The molecule has 0 bridgehead atoms. The average Bonchev–Trinajstić information content (AvgIpc) is 3.07. The Hall–Kier alpha value is -3.09. The van der Waals surface area contributed by atoms with Gasteiger partial charge in [-0.1, -0.05) is 6.07 Å². The predicted molar refractivity (Wildman–Crippen MR) is 112 cm³/mol. The van der Waals surface area contributed by atoms with E-state index in [9.17, 15) is 4.79 Å². The minimum Gasteiger partial charge on any atom is -0.381 e. The molecule has 4 rings (SSSR count). The molecule has 3 heterocycles. The predicted octanol–water partition coefficient (Wildman–Crippen LogP) is 3.13. The van der Waals surface area contributed by atoms with E-state index >= 15 is 0 Å². The number of carbonyl (C=O) groups excluding carboxylic acids is 1. The molecule has 1 aromatic carbocycles. The largest absolute Gasteiger partial charge is 0.381 e. The topological polar surface area (TPSA) is 77.1 Å². The molecular formula is C21H26N6O. The van der Waals surface area contributed by atoms with E-state index in [1.165, 1.54) is 0 Å². The number of rotatable bonds is 4. The maximum atomic E-state index is 13.1. The van der Waals surface area contributed by atoms with Gasteiger partial charge in [0.1, 0.15) is 5.82 Å². The number of hydrogen-bond donors (Lipinski definition) is 2. The smallest absolute Gasteiger partial charge is 0.254 e. The number of benzene rings is 1. The molecule has 1 aliphatic heterocycles. The molecule has 0 saturated carbocycles. The molecule has 0 aliphatic carbocycles. The van der Waals surface area contributed by atoms with E-state index < -0.39 is 0 Å². The molecule has 2 N–H and O–H groups in total. The van der Waals surface area contributed by atoms with Gasteiger partial charge in [0.15, 0.2) is 0 Å². The lowest BCUT2D eigenvalue weighted by atomic mass is 10.1. The van der Waals surface area contributed by atoms with Crippen molar-refractivity contribution in [2.75, 3.05) is 37.4 Å². The van der Waals surface area contributed by atoms with Crippen LogP contribution < -0.4 is 10.2 Å². The number of hydrogen-bond acceptors (Lipinski definition) is 5.